The van der Waals surface area contributed by atoms with Crippen LogP contribution in [0, 0.1) is 0 Å². The number of ether oxygens (including phenoxy) is 1. The third-order valence-corrected chi connectivity index (χ3v) is 1.88. The number of carbonyl (C=O) groups excluding carboxylic acids is 2. The number of nitrogens with one attached hydrogen (secondary N) is 1. The first-order valence-electron chi connectivity index (χ1n) is 5.32. The molecule has 0 unspecified atom stereocenters. The van der Waals surface area contributed by atoms with Crippen LogP contribution in [0.25, 0.3) is 0 Å². The van der Waals surface area contributed by atoms with Crippen molar-refractivity contribution in [1.82, 2.24) is 10.2 Å². The van der Waals surface area contributed by atoms with Crippen molar-refractivity contribution in [3.8, 4) is 0 Å². The molecule has 0 aliphatic rings. The van der Waals surface area contributed by atoms with Crippen molar-refractivity contribution in [2.45, 2.75) is 6.92 Å². The molecule has 0 saturated carbocycles. The molecular weight excluding hydrogens is 240 g/mol. The summed E-state index contributed by atoms with van der Waals surface area (Å²) in [7, 11) is 3.73. The number of esters is 1. The maximum atomic E-state index is 11.2. The molecule has 1 amide bonds. The standard InChI is InChI=1S/C11H18N2O5/c1-8(6-10(15)16)11(17)18-7-9(14)12-4-5-13(2)3/h6H,4-5,7H2,1-3H3,(H,12,14)(H,15,16). The fraction of sp³-hybridized carbons (Fsp3) is 0.545. The summed E-state index contributed by atoms with van der Waals surface area (Å²) in [5.41, 5.74) is -0.0661. The van der Waals surface area contributed by atoms with E-state index >= 15 is 0 Å². The lowest BCUT2D eigenvalue weighted by Crippen LogP contribution is -2.34. The second-order valence-corrected chi connectivity index (χ2v) is 3.89. The summed E-state index contributed by atoms with van der Waals surface area (Å²) in [5, 5.41) is 11.0. The molecule has 0 atom stereocenters. The van der Waals surface area contributed by atoms with Gasteiger partial charge in [-0.05, 0) is 21.0 Å². The highest BCUT2D eigenvalue weighted by Crippen LogP contribution is 1.96. The van der Waals surface area contributed by atoms with Crippen LogP contribution in [0.5, 0.6) is 0 Å². The molecule has 0 fully saturated rings. The Morgan fingerprint density at radius 1 is 1.33 bits per heavy atom. The van der Waals surface area contributed by atoms with Gasteiger partial charge in [-0.2, -0.15) is 0 Å². The average molecular weight is 258 g/mol. The highest BCUT2D eigenvalue weighted by molar-refractivity contribution is 5.96. The molecule has 102 valence electrons. The number of carboxylic acid groups (broad SMARTS) is 1. The molecule has 0 spiro atoms. The van der Waals surface area contributed by atoms with Crippen molar-refractivity contribution in [2.24, 2.45) is 0 Å². The Labute approximate surface area is 105 Å². The van der Waals surface area contributed by atoms with Gasteiger partial charge < -0.3 is 20.1 Å². The predicted octanol–water partition coefficient (Wildman–Crippen LogP) is -0.762. The fourth-order valence-electron chi connectivity index (χ4n) is 0.959. The first-order valence-corrected chi connectivity index (χ1v) is 5.32. The average Bonchev–Trinajstić information content (AvgIpc) is 2.24. The van der Waals surface area contributed by atoms with Gasteiger partial charge in [0.15, 0.2) is 6.61 Å². The molecule has 2 N–H and O–H groups in total. The van der Waals surface area contributed by atoms with Crippen LogP contribution in [-0.2, 0) is 19.1 Å². The Balaban J connectivity index is 3.92. The van der Waals surface area contributed by atoms with Crippen LogP contribution in [0.2, 0.25) is 0 Å². The number of amides is 1. The third kappa shape index (κ3) is 8.28. The van der Waals surface area contributed by atoms with Gasteiger partial charge in [0.05, 0.1) is 0 Å². The van der Waals surface area contributed by atoms with Gasteiger partial charge in [-0.1, -0.05) is 0 Å². The fourth-order valence-corrected chi connectivity index (χ4v) is 0.959. The van der Waals surface area contributed by atoms with Gasteiger partial charge in [-0.25, -0.2) is 9.59 Å². The van der Waals surface area contributed by atoms with E-state index in [1.54, 1.807) is 0 Å². The summed E-state index contributed by atoms with van der Waals surface area (Å²) in [6.07, 6.45) is 0.728. The zero-order chi connectivity index (χ0) is 14.1. The lowest BCUT2D eigenvalue weighted by Gasteiger charge is -2.10. The summed E-state index contributed by atoms with van der Waals surface area (Å²) in [5.74, 6) is -2.48. The number of likely N-dealkylation sites (N-methyl/N-ethyl adjacent to an activating group) is 1. The van der Waals surface area contributed by atoms with Crippen molar-refractivity contribution >= 4 is 17.8 Å². The minimum atomic E-state index is -1.24. The van der Waals surface area contributed by atoms with Gasteiger partial charge in [0.2, 0.25) is 0 Å². The van der Waals surface area contributed by atoms with E-state index in [4.69, 9.17) is 5.11 Å². The molecule has 0 radical (unpaired) electrons. The molecule has 0 aromatic carbocycles. The Morgan fingerprint density at radius 3 is 2.44 bits per heavy atom. The number of hydrogen-bond donors (Lipinski definition) is 2. The lowest BCUT2D eigenvalue weighted by atomic mass is 10.3. The highest BCUT2D eigenvalue weighted by Gasteiger charge is 2.10. The number of hydrogen-bond acceptors (Lipinski definition) is 5. The maximum Gasteiger partial charge on any atom is 0.334 e. The van der Waals surface area contributed by atoms with E-state index in [-0.39, 0.29) is 5.57 Å². The van der Waals surface area contributed by atoms with E-state index in [2.05, 4.69) is 10.1 Å². The summed E-state index contributed by atoms with van der Waals surface area (Å²) in [6, 6.07) is 0. The van der Waals surface area contributed by atoms with Crippen molar-refractivity contribution in [3.05, 3.63) is 11.6 Å². The van der Waals surface area contributed by atoms with Gasteiger partial charge in [0.25, 0.3) is 5.91 Å². The predicted molar refractivity (Wildman–Crippen MR) is 63.9 cm³/mol. The van der Waals surface area contributed by atoms with E-state index < -0.39 is 24.5 Å². The second-order valence-electron chi connectivity index (χ2n) is 3.89. The molecule has 0 rings (SSSR count). The summed E-state index contributed by atoms with van der Waals surface area (Å²) >= 11 is 0. The van der Waals surface area contributed by atoms with Crippen LogP contribution in [0.4, 0.5) is 0 Å². The van der Waals surface area contributed by atoms with Crippen molar-refractivity contribution in [2.75, 3.05) is 33.8 Å². The molecule has 7 heteroatoms. The first kappa shape index (κ1) is 16.1. The van der Waals surface area contributed by atoms with Crippen molar-refractivity contribution in [3.63, 3.8) is 0 Å². The number of nitrogens with zero attached hydrogens (tertiary/aromatic N) is 1. The smallest absolute Gasteiger partial charge is 0.334 e. The SMILES string of the molecule is CC(=CC(=O)O)C(=O)OCC(=O)NCCN(C)C. The summed E-state index contributed by atoms with van der Waals surface area (Å²) in [4.78, 5) is 34.6. The lowest BCUT2D eigenvalue weighted by molar-refractivity contribution is -0.145. The Kier molecular flexibility index (Phi) is 7.37. The summed E-state index contributed by atoms with van der Waals surface area (Å²) in [6.45, 7) is 2.02. The maximum absolute atomic E-state index is 11.2. The monoisotopic (exact) mass is 258 g/mol. The largest absolute Gasteiger partial charge is 0.478 e. The zero-order valence-corrected chi connectivity index (χ0v) is 10.7. The van der Waals surface area contributed by atoms with Crippen LogP contribution >= 0.6 is 0 Å². The minimum Gasteiger partial charge on any atom is -0.478 e. The van der Waals surface area contributed by atoms with Gasteiger partial charge in [-0.3, -0.25) is 4.79 Å². The Hall–Kier alpha value is -1.89. The van der Waals surface area contributed by atoms with Gasteiger partial charge in [0, 0.05) is 24.7 Å². The van der Waals surface area contributed by atoms with Crippen LogP contribution in [-0.4, -0.2) is 61.6 Å². The molecule has 0 bridgehead atoms. The molecule has 0 heterocycles. The normalized spacial score (nSPS) is 11.2. The molecule has 7 nitrogen and oxygen atoms in total. The second kappa shape index (κ2) is 8.24. The molecule has 0 aromatic rings. The minimum absolute atomic E-state index is 0.0661. The number of rotatable bonds is 7. The molecule has 0 aliphatic heterocycles. The molecule has 0 aliphatic carbocycles. The van der Waals surface area contributed by atoms with E-state index in [1.807, 2.05) is 19.0 Å². The summed E-state index contributed by atoms with van der Waals surface area (Å²) < 4.78 is 4.63. The van der Waals surface area contributed by atoms with Crippen LogP contribution in [0.15, 0.2) is 11.6 Å². The molecule has 0 saturated heterocycles. The van der Waals surface area contributed by atoms with E-state index in [1.165, 1.54) is 6.92 Å². The number of aliphatic carboxylic acids is 1. The first-order chi connectivity index (χ1) is 8.32. The van der Waals surface area contributed by atoms with Crippen molar-refractivity contribution < 1.29 is 24.2 Å². The highest BCUT2D eigenvalue weighted by atomic mass is 16.5. The van der Waals surface area contributed by atoms with E-state index in [9.17, 15) is 14.4 Å². The van der Waals surface area contributed by atoms with Crippen LogP contribution in [0.3, 0.4) is 0 Å². The quantitative estimate of drug-likeness (QED) is 0.460. The van der Waals surface area contributed by atoms with Crippen molar-refractivity contribution in [1.29, 1.82) is 0 Å². The van der Waals surface area contributed by atoms with Gasteiger partial charge >= 0.3 is 11.9 Å². The zero-order valence-electron chi connectivity index (χ0n) is 10.7. The van der Waals surface area contributed by atoms with Gasteiger partial charge in [-0.15, -0.1) is 0 Å². The van der Waals surface area contributed by atoms with Crippen LogP contribution in [0.1, 0.15) is 6.92 Å². The van der Waals surface area contributed by atoms with E-state index in [0.29, 0.717) is 13.1 Å². The number of carboxylic acids is 1. The van der Waals surface area contributed by atoms with Gasteiger partial charge in [0.1, 0.15) is 0 Å². The topological polar surface area (TPSA) is 95.9 Å². The molecule has 18 heavy (non-hydrogen) atoms. The number of carbonyl (C=O) groups is 3. The Bertz CT molecular complexity index is 349. The molecular formula is C11H18N2O5. The molecule has 0 aromatic heterocycles. The third-order valence-electron chi connectivity index (χ3n) is 1.88. The van der Waals surface area contributed by atoms with E-state index in [0.717, 1.165) is 6.08 Å². The van der Waals surface area contributed by atoms with Crippen LogP contribution < -0.4 is 5.32 Å². The Morgan fingerprint density at radius 2 is 1.94 bits per heavy atom.